The summed E-state index contributed by atoms with van der Waals surface area (Å²) in [4.78, 5) is 30.8. The molecule has 0 saturated carbocycles. The summed E-state index contributed by atoms with van der Waals surface area (Å²) >= 11 is 0. The molecule has 5 heterocycles. The van der Waals surface area contributed by atoms with Crippen molar-refractivity contribution >= 4 is 16.9 Å². The van der Waals surface area contributed by atoms with Crippen molar-refractivity contribution in [3.8, 4) is 22.9 Å². The monoisotopic (exact) mass is 520 g/mol. The van der Waals surface area contributed by atoms with Gasteiger partial charge in [0.2, 0.25) is 12.4 Å². The molecule has 0 unspecified atom stereocenters. The van der Waals surface area contributed by atoms with Gasteiger partial charge in [0, 0.05) is 46.0 Å². The number of fused-ring (bicyclic) bond motifs is 6. The molecule has 3 aliphatic heterocycles. The number of aromatic nitrogens is 2. The van der Waals surface area contributed by atoms with Gasteiger partial charge in [0.25, 0.3) is 5.97 Å². The molecule has 1 aromatic carbocycles. The van der Waals surface area contributed by atoms with E-state index in [0.717, 1.165) is 46.4 Å². The van der Waals surface area contributed by atoms with Gasteiger partial charge in [-0.25, -0.2) is 4.98 Å². The van der Waals surface area contributed by atoms with E-state index in [1.807, 2.05) is 25.1 Å². The zero-order valence-electron chi connectivity index (χ0n) is 19.2. The van der Waals surface area contributed by atoms with E-state index in [0.29, 0.717) is 54.6 Å². The summed E-state index contributed by atoms with van der Waals surface area (Å²) in [6.45, 7) is 4.50. The first-order valence-corrected chi connectivity index (χ1v) is 11.6. The van der Waals surface area contributed by atoms with E-state index in [-0.39, 0.29) is 41.7 Å². The van der Waals surface area contributed by atoms with Gasteiger partial charge >= 0.3 is 0 Å². The Morgan fingerprint density at radius 2 is 1.94 bits per heavy atom. The summed E-state index contributed by atoms with van der Waals surface area (Å²) in [6.07, 6.45) is 1.36. The molecule has 3 N–H and O–H groups in total. The number of ether oxygens (including phenoxy) is 3. The zero-order valence-corrected chi connectivity index (χ0v) is 20.3. The maximum atomic E-state index is 13.5. The second-order valence-corrected chi connectivity index (χ2v) is 8.68. The van der Waals surface area contributed by atoms with Gasteiger partial charge in [0.15, 0.2) is 11.5 Å². The molecule has 2 aromatic heterocycles. The molecule has 35 heavy (non-hydrogen) atoms. The van der Waals surface area contributed by atoms with Crippen molar-refractivity contribution in [2.45, 2.75) is 39.5 Å². The van der Waals surface area contributed by atoms with Crippen LogP contribution in [0.5, 0.6) is 11.5 Å². The number of carbonyl (C=O) groups is 1. The largest absolute Gasteiger partial charge is 0.479 e. The number of cyclic esters (lactones) is 1. The van der Waals surface area contributed by atoms with E-state index in [1.165, 1.54) is 0 Å². The van der Waals surface area contributed by atoms with Crippen LogP contribution in [0, 0.1) is 5.92 Å². The Kier molecular flexibility index (Phi) is 6.22. The third-order valence-electron chi connectivity index (χ3n) is 6.79. The van der Waals surface area contributed by atoms with Crippen LogP contribution in [-0.2, 0) is 46.0 Å². The number of nitrogens with one attached hydrogen (secondary N) is 1. The van der Waals surface area contributed by atoms with Crippen LogP contribution >= 0.6 is 0 Å². The molecule has 0 amide bonds. The topological polar surface area (TPSA) is 118 Å². The predicted molar refractivity (Wildman–Crippen MR) is 124 cm³/mol. The number of nitrogens with zero attached hydrogens (tertiary/aromatic N) is 2. The molecule has 185 valence electrons. The summed E-state index contributed by atoms with van der Waals surface area (Å²) in [6, 6.07) is 5.79. The van der Waals surface area contributed by atoms with Crippen molar-refractivity contribution in [1.29, 1.82) is 0 Å². The van der Waals surface area contributed by atoms with Gasteiger partial charge in [-0.1, -0.05) is 19.3 Å². The Hall–Kier alpha value is -3.05. The Labute approximate surface area is 212 Å². The van der Waals surface area contributed by atoms with Crippen molar-refractivity contribution in [3.63, 3.8) is 0 Å². The maximum absolute atomic E-state index is 13.5. The fourth-order valence-corrected chi connectivity index (χ4v) is 5.06. The number of hydrogen-bond donors (Lipinski definition) is 2. The summed E-state index contributed by atoms with van der Waals surface area (Å²) in [5.41, 5.74) is 11.1. The van der Waals surface area contributed by atoms with Gasteiger partial charge in [0.1, 0.15) is 0 Å². The fraction of sp³-hybridized carbons (Fsp3) is 0.360. The van der Waals surface area contributed by atoms with E-state index >= 15 is 0 Å². The second kappa shape index (κ2) is 9.19. The predicted octanol–water partition coefficient (Wildman–Crippen LogP) is 1.98. The van der Waals surface area contributed by atoms with Crippen molar-refractivity contribution in [1.82, 2.24) is 14.9 Å². The van der Waals surface area contributed by atoms with Gasteiger partial charge < -0.3 is 29.8 Å². The van der Waals surface area contributed by atoms with Crippen LogP contribution in [0.4, 0.5) is 0 Å². The first-order valence-electron chi connectivity index (χ1n) is 11.6. The van der Waals surface area contributed by atoms with Gasteiger partial charge in [-0.15, -0.1) is 6.07 Å². The van der Waals surface area contributed by atoms with E-state index in [9.17, 15) is 9.59 Å². The van der Waals surface area contributed by atoms with Crippen molar-refractivity contribution < 1.29 is 35.8 Å². The summed E-state index contributed by atoms with van der Waals surface area (Å²) in [5.74, 6) is 1.52. The molecule has 3 aromatic rings. The molecule has 1 radical (unpaired) electrons. The Morgan fingerprint density at radius 3 is 2.71 bits per heavy atom. The van der Waals surface area contributed by atoms with Crippen molar-refractivity contribution in [3.05, 3.63) is 56.7 Å². The zero-order chi connectivity index (χ0) is 23.4. The Morgan fingerprint density at radius 1 is 1.14 bits per heavy atom. The molecule has 6 rings (SSSR count). The van der Waals surface area contributed by atoms with Crippen LogP contribution < -0.4 is 26.1 Å². The molecule has 0 saturated heterocycles. The molecule has 0 atom stereocenters. The summed E-state index contributed by atoms with van der Waals surface area (Å²) < 4.78 is 18.2. The van der Waals surface area contributed by atoms with Crippen molar-refractivity contribution in [2.24, 2.45) is 5.73 Å². The molecule has 3 aliphatic rings. The molecule has 9 nitrogen and oxygen atoms in total. The molecular weight excluding hydrogens is 495 g/mol. The third kappa shape index (κ3) is 3.68. The minimum absolute atomic E-state index is 0. The van der Waals surface area contributed by atoms with Gasteiger partial charge in [-0.05, 0) is 36.7 Å². The number of hydrogen-bond acceptors (Lipinski definition) is 8. The summed E-state index contributed by atoms with van der Waals surface area (Å²) in [7, 11) is 0. The van der Waals surface area contributed by atoms with Crippen LogP contribution in [-0.4, -0.2) is 35.4 Å². The maximum Gasteiger partial charge on any atom is 0.277 e. The smallest absolute Gasteiger partial charge is 0.277 e. The Bertz CT molecular complexity index is 1400. The molecule has 10 heteroatoms. The van der Waals surface area contributed by atoms with Gasteiger partial charge in [0.05, 0.1) is 24.4 Å². The third-order valence-corrected chi connectivity index (χ3v) is 6.79. The number of carbonyl (C=O) groups excluding carboxylic acids is 1. The van der Waals surface area contributed by atoms with Crippen molar-refractivity contribution in [2.75, 3.05) is 19.9 Å². The first kappa shape index (κ1) is 23.7. The SMILES string of the molecule is CC[C-]1C(=O)OCc2c1cc1n(c2=O)Cc2c-1nc1cc3c(cc1c2CNCCCN)OCO3.[Co]. The number of rotatable bonds is 6. The first-order chi connectivity index (χ1) is 16.6. The van der Waals surface area contributed by atoms with E-state index < -0.39 is 0 Å². The minimum Gasteiger partial charge on any atom is -0.479 e. The number of benzene rings is 1. The fourth-order valence-electron chi connectivity index (χ4n) is 5.06. The van der Waals surface area contributed by atoms with Gasteiger partial charge in [-0.3, -0.25) is 9.59 Å². The average molecular weight is 520 g/mol. The molecule has 0 fully saturated rings. The van der Waals surface area contributed by atoms with Crippen LogP contribution in [0.15, 0.2) is 23.0 Å². The minimum atomic E-state index is -0.360. The quantitative estimate of drug-likeness (QED) is 0.225. The van der Waals surface area contributed by atoms with E-state index in [2.05, 4.69) is 5.32 Å². The summed E-state index contributed by atoms with van der Waals surface area (Å²) in [5, 5.41) is 4.44. The second-order valence-electron chi connectivity index (χ2n) is 8.68. The van der Waals surface area contributed by atoms with Crippen LogP contribution in [0.1, 0.15) is 42.0 Å². The number of pyridine rings is 2. The van der Waals surface area contributed by atoms with Gasteiger partial charge in [-0.2, -0.15) is 5.56 Å². The van der Waals surface area contributed by atoms with E-state index in [1.54, 1.807) is 4.57 Å². The van der Waals surface area contributed by atoms with Crippen LogP contribution in [0.3, 0.4) is 0 Å². The Balaban J connectivity index is 0.00000253. The molecular formula is C25H25CoN4O5-. The molecule has 0 spiro atoms. The molecule has 0 bridgehead atoms. The number of nitrogens with two attached hydrogens (primary N) is 1. The standard InChI is InChI=1S/C25H25N4O5.Co/c1-2-13-14-6-20-23-17(10-29(20)24(30)18(14)11-32-25(13)31)16(9-27-5-3-4-26)15-7-21-22(34-12-33-21)8-19(15)28-23;/h6-8,27H,2-5,9-12,26H2,1H3;/q-1;. The average Bonchev–Trinajstić information content (AvgIpc) is 3.44. The van der Waals surface area contributed by atoms with E-state index in [4.69, 9.17) is 24.9 Å². The van der Waals surface area contributed by atoms with Crippen LogP contribution in [0.25, 0.3) is 22.3 Å². The molecule has 0 aliphatic carbocycles. The van der Waals surface area contributed by atoms with Crippen LogP contribution in [0.2, 0.25) is 0 Å². The number of esters is 1. The normalized spacial score (nSPS) is 14.9.